The summed E-state index contributed by atoms with van der Waals surface area (Å²) in [5.41, 5.74) is 2.66. The van der Waals surface area contributed by atoms with Crippen molar-refractivity contribution in [1.82, 2.24) is 10.6 Å². The van der Waals surface area contributed by atoms with Gasteiger partial charge in [-0.05, 0) is 74.4 Å². The highest BCUT2D eigenvalue weighted by molar-refractivity contribution is 6.31. The largest absolute Gasteiger partial charge is 0.459 e. The van der Waals surface area contributed by atoms with Gasteiger partial charge >= 0.3 is 11.9 Å². The van der Waals surface area contributed by atoms with E-state index in [1.165, 1.54) is 6.08 Å². The summed E-state index contributed by atoms with van der Waals surface area (Å²) in [5.74, 6) is -2.46. The molecule has 0 bridgehead atoms. The lowest BCUT2D eigenvalue weighted by atomic mass is 9.92. The summed E-state index contributed by atoms with van der Waals surface area (Å²) in [6, 6.07) is 12.5. The van der Waals surface area contributed by atoms with Crippen LogP contribution in [0.5, 0.6) is 0 Å². The van der Waals surface area contributed by atoms with Crippen LogP contribution in [0, 0.1) is 31.1 Å². The molecule has 4 rings (SSSR count). The van der Waals surface area contributed by atoms with Gasteiger partial charge < -0.3 is 24.8 Å². The monoisotopic (exact) mass is 666 g/mol. The van der Waals surface area contributed by atoms with Gasteiger partial charge in [-0.15, -0.1) is 0 Å². The Morgan fingerprint density at radius 1 is 0.979 bits per heavy atom. The van der Waals surface area contributed by atoms with Gasteiger partial charge in [-0.1, -0.05) is 74.8 Å². The van der Waals surface area contributed by atoms with Crippen molar-refractivity contribution in [2.75, 3.05) is 6.54 Å². The molecule has 2 aliphatic rings. The van der Waals surface area contributed by atoms with Gasteiger partial charge in [0.15, 0.2) is 6.10 Å². The summed E-state index contributed by atoms with van der Waals surface area (Å²) in [6.07, 6.45) is 1.47. The van der Waals surface area contributed by atoms with Crippen molar-refractivity contribution in [3.8, 4) is 0 Å². The first kappa shape index (κ1) is 36.2. The number of ether oxygens (including phenoxy) is 3. The molecule has 6 unspecified atom stereocenters. The van der Waals surface area contributed by atoms with Gasteiger partial charge in [0.05, 0.1) is 11.5 Å². The third-order valence-corrected chi connectivity index (χ3v) is 9.20. The second-order valence-electron chi connectivity index (χ2n) is 13.8. The fourth-order valence-corrected chi connectivity index (χ4v) is 5.84. The highest BCUT2D eigenvalue weighted by Crippen LogP contribution is 2.46. The molecule has 2 aromatic rings. The highest BCUT2D eigenvalue weighted by atomic mass is 35.5. The first-order valence-electron chi connectivity index (χ1n) is 16.3. The van der Waals surface area contributed by atoms with Crippen molar-refractivity contribution >= 4 is 35.4 Å². The number of carbonyl (C=O) groups excluding carboxylic acids is 4. The van der Waals surface area contributed by atoms with E-state index in [1.807, 2.05) is 71.0 Å². The van der Waals surface area contributed by atoms with Crippen molar-refractivity contribution in [2.45, 2.75) is 98.2 Å². The van der Waals surface area contributed by atoms with Crippen molar-refractivity contribution in [3.05, 3.63) is 81.9 Å². The zero-order valence-corrected chi connectivity index (χ0v) is 29.1. The van der Waals surface area contributed by atoms with Crippen LogP contribution in [0.15, 0.2) is 54.6 Å². The molecular formula is C37H47ClN2O7. The van der Waals surface area contributed by atoms with Crippen LogP contribution in [-0.2, 0) is 39.8 Å². The standard InChI is InChI=1S/C37H47ClN2O7/c1-21(2)17-30-35(43)45-29(24(5)32-33(47-32)26-12-9-8-11-22(26)3)13-10-14-31(41)40-28(19-25-16-15-23(4)27(38)18-25)34(42)39-20-37(6,7)36(44)46-30/h8-12,14-16,18,21,24,28-30,32-33H,13,17,19-20H2,1-7H3,(H,39,42)(H,40,41)/b14-10+. The molecule has 0 spiro atoms. The maximum Gasteiger partial charge on any atom is 0.347 e. The number of benzene rings is 2. The minimum absolute atomic E-state index is 0.0291. The molecular weight excluding hydrogens is 620 g/mol. The lowest BCUT2D eigenvalue weighted by Gasteiger charge is -2.29. The SMILES string of the molecule is Cc1ccc(CC2NC(=O)/C=C/CC(C(C)C3OC3c3ccccc3C)OC(=O)C(CC(C)C)OC(=O)C(C)(C)CNC2=O)cc1Cl. The quantitative estimate of drug-likeness (QED) is 0.286. The van der Waals surface area contributed by atoms with Crippen LogP contribution in [0.25, 0.3) is 0 Å². The first-order chi connectivity index (χ1) is 22.2. The maximum absolute atomic E-state index is 13.6. The molecule has 2 N–H and O–H groups in total. The van der Waals surface area contributed by atoms with E-state index in [1.54, 1.807) is 26.0 Å². The Labute approximate surface area is 282 Å². The number of amides is 2. The molecule has 254 valence electrons. The van der Waals surface area contributed by atoms with Crippen LogP contribution < -0.4 is 10.6 Å². The predicted octanol–water partition coefficient (Wildman–Crippen LogP) is 5.73. The molecule has 1 fully saturated rings. The van der Waals surface area contributed by atoms with Crippen LogP contribution in [0.3, 0.4) is 0 Å². The fourth-order valence-electron chi connectivity index (χ4n) is 5.64. The van der Waals surface area contributed by atoms with Gasteiger partial charge in [-0.3, -0.25) is 14.4 Å². The van der Waals surface area contributed by atoms with E-state index in [-0.39, 0.29) is 49.9 Å². The molecule has 6 atom stereocenters. The maximum atomic E-state index is 13.6. The van der Waals surface area contributed by atoms with Crippen LogP contribution in [0.2, 0.25) is 5.02 Å². The number of rotatable bonds is 7. The molecule has 0 radical (unpaired) electrons. The van der Waals surface area contributed by atoms with Crippen molar-refractivity contribution in [2.24, 2.45) is 17.3 Å². The Bertz CT molecular complexity index is 1500. The smallest absolute Gasteiger partial charge is 0.347 e. The minimum Gasteiger partial charge on any atom is -0.459 e. The van der Waals surface area contributed by atoms with Crippen LogP contribution in [0.4, 0.5) is 0 Å². The lowest BCUT2D eigenvalue weighted by Crippen LogP contribution is -2.51. The summed E-state index contributed by atoms with van der Waals surface area (Å²) < 4.78 is 18.0. The molecule has 0 saturated carbocycles. The van der Waals surface area contributed by atoms with E-state index in [4.69, 9.17) is 25.8 Å². The molecule has 2 amide bonds. The molecule has 0 aliphatic carbocycles. The van der Waals surface area contributed by atoms with Gasteiger partial charge in [0.1, 0.15) is 18.2 Å². The molecule has 2 heterocycles. The summed E-state index contributed by atoms with van der Waals surface area (Å²) in [4.78, 5) is 53.6. The third-order valence-electron chi connectivity index (χ3n) is 8.79. The number of epoxide rings is 1. The van der Waals surface area contributed by atoms with Gasteiger partial charge in [-0.25, -0.2) is 4.79 Å². The second-order valence-corrected chi connectivity index (χ2v) is 14.2. The van der Waals surface area contributed by atoms with Gasteiger partial charge in [-0.2, -0.15) is 0 Å². The summed E-state index contributed by atoms with van der Waals surface area (Å²) >= 11 is 6.33. The normalized spacial score (nSPS) is 26.9. The highest BCUT2D eigenvalue weighted by Gasteiger charge is 2.48. The third kappa shape index (κ3) is 9.67. The molecule has 2 aromatic carbocycles. The Balaban J connectivity index is 1.62. The molecule has 9 nitrogen and oxygen atoms in total. The average Bonchev–Trinajstić information content (AvgIpc) is 3.80. The van der Waals surface area contributed by atoms with E-state index in [0.29, 0.717) is 5.02 Å². The Kier molecular flexibility index (Phi) is 11.9. The first-order valence-corrected chi connectivity index (χ1v) is 16.7. The number of cyclic esters (lactones) is 2. The fraction of sp³-hybridized carbons (Fsp3) is 0.514. The zero-order valence-electron chi connectivity index (χ0n) is 28.3. The van der Waals surface area contributed by atoms with Crippen molar-refractivity contribution in [1.29, 1.82) is 0 Å². The summed E-state index contributed by atoms with van der Waals surface area (Å²) in [5, 5.41) is 6.14. The Morgan fingerprint density at radius 3 is 2.38 bits per heavy atom. The average molecular weight is 667 g/mol. The summed E-state index contributed by atoms with van der Waals surface area (Å²) in [7, 11) is 0. The molecule has 10 heteroatoms. The number of hydrogen-bond donors (Lipinski definition) is 2. The summed E-state index contributed by atoms with van der Waals surface area (Å²) in [6.45, 7) is 12.9. The topological polar surface area (TPSA) is 123 Å². The number of carbonyl (C=O) groups is 4. The Hall–Kier alpha value is -3.69. The number of halogens is 1. The van der Waals surface area contributed by atoms with E-state index in [2.05, 4.69) is 10.6 Å². The lowest BCUT2D eigenvalue weighted by molar-refractivity contribution is -0.179. The molecule has 0 aromatic heterocycles. The van der Waals surface area contributed by atoms with Gasteiger partial charge in [0.25, 0.3) is 0 Å². The van der Waals surface area contributed by atoms with Crippen LogP contribution >= 0.6 is 11.6 Å². The second kappa shape index (κ2) is 15.5. The number of aryl methyl sites for hydroxylation is 2. The van der Waals surface area contributed by atoms with Crippen LogP contribution in [-0.4, -0.2) is 54.7 Å². The van der Waals surface area contributed by atoms with E-state index >= 15 is 0 Å². The van der Waals surface area contributed by atoms with E-state index < -0.39 is 47.4 Å². The number of hydrogen-bond acceptors (Lipinski definition) is 7. The number of nitrogens with one attached hydrogen (secondary N) is 2. The zero-order chi connectivity index (χ0) is 34.5. The van der Waals surface area contributed by atoms with Gasteiger partial charge in [0.2, 0.25) is 11.8 Å². The van der Waals surface area contributed by atoms with Gasteiger partial charge in [0, 0.05) is 30.3 Å². The van der Waals surface area contributed by atoms with Crippen LogP contribution in [0.1, 0.15) is 75.8 Å². The van der Waals surface area contributed by atoms with E-state index in [0.717, 1.165) is 22.3 Å². The predicted molar refractivity (Wildman–Crippen MR) is 180 cm³/mol. The van der Waals surface area contributed by atoms with Crippen molar-refractivity contribution in [3.63, 3.8) is 0 Å². The van der Waals surface area contributed by atoms with E-state index in [9.17, 15) is 19.2 Å². The molecule has 2 aliphatic heterocycles. The minimum atomic E-state index is -1.18. The molecule has 1 saturated heterocycles. The Morgan fingerprint density at radius 2 is 1.70 bits per heavy atom. The molecule has 47 heavy (non-hydrogen) atoms. The number of esters is 2. The van der Waals surface area contributed by atoms with Crippen molar-refractivity contribution < 1.29 is 33.4 Å².